The van der Waals surface area contributed by atoms with Crippen molar-refractivity contribution in [2.24, 2.45) is 0 Å². The summed E-state index contributed by atoms with van der Waals surface area (Å²) in [7, 11) is 0. The van der Waals surface area contributed by atoms with Gasteiger partial charge in [0.1, 0.15) is 6.04 Å². The fraction of sp³-hybridized carbons (Fsp3) is 0.316. The SMILES string of the molecule is O=C(C(Nc1cccc(CO)c1)c1ccccc1)N1CCCC1. The van der Waals surface area contributed by atoms with Crippen LogP contribution in [0.15, 0.2) is 54.6 Å². The van der Waals surface area contributed by atoms with E-state index in [4.69, 9.17) is 0 Å². The number of rotatable bonds is 5. The number of hydrogen-bond acceptors (Lipinski definition) is 3. The average molecular weight is 310 g/mol. The summed E-state index contributed by atoms with van der Waals surface area (Å²) in [5.41, 5.74) is 2.63. The Labute approximate surface area is 136 Å². The van der Waals surface area contributed by atoms with Gasteiger partial charge < -0.3 is 15.3 Å². The van der Waals surface area contributed by atoms with E-state index in [0.717, 1.165) is 42.7 Å². The van der Waals surface area contributed by atoms with Gasteiger partial charge in [0, 0.05) is 18.8 Å². The summed E-state index contributed by atoms with van der Waals surface area (Å²) in [4.78, 5) is 14.8. The highest BCUT2D eigenvalue weighted by Crippen LogP contribution is 2.24. The maximum atomic E-state index is 12.9. The molecule has 0 bridgehead atoms. The topological polar surface area (TPSA) is 52.6 Å². The van der Waals surface area contributed by atoms with Crippen LogP contribution in [0.4, 0.5) is 5.69 Å². The lowest BCUT2D eigenvalue weighted by Crippen LogP contribution is -2.36. The number of aliphatic hydroxyl groups excluding tert-OH is 1. The van der Waals surface area contributed by atoms with Crippen molar-refractivity contribution in [3.8, 4) is 0 Å². The van der Waals surface area contributed by atoms with Crippen molar-refractivity contribution in [2.75, 3.05) is 18.4 Å². The Morgan fingerprint density at radius 2 is 1.83 bits per heavy atom. The van der Waals surface area contributed by atoms with Gasteiger partial charge >= 0.3 is 0 Å². The lowest BCUT2D eigenvalue weighted by atomic mass is 10.0. The van der Waals surface area contributed by atoms with Crippen LogP contribution in [0.5, 0.6) is 0 Å². The predicted octanol–water partition coefficient (Wildman–Crippen LogP) is 2.95. The Balaban J connectivity index is 1.86. The maximum Gasteiger partial charge on any atom is 0.249 e. The molecule has 2 aromatic carbocycles. The molecule has 2 N–H and O–H groups in total. The molecule has 1 saturated heterocycles. The average Bonchev–Trinajstić information content (AvgIpc) is 3.15. The monoisotopic (exact) mass is 310 g/mol. The van der Waals surface area contributed by atoms with E-state index in [9.17, 15) is 9.90 Å². The fourth-order valence-electron chi connectivity index (χ4n) is 2.98. The highest BCUT2D eigenvalue weighted by molar-refractivity contribution is 5.86. The standard InChI is InChI=1S/C19H22N2O2/c22-14-15-7-6-10-17(13-15)20-18(16-8-2-1-3-9-16)19(23)21-11-4-5-12-21/h1-3,6-10,13,18,20,22H,4-5,11-12,14H2. The van der Waals surface area contributed by atoms with Crippen molar-refractivity contribution in [3.63, 3.8) is 0 Å². The summed E-state index contributed by atoms with van der Waals surface area (Å²) in [6, 6.07) is 17.0. The van der Waals surface area contributed by atoms with Gasteiger partial charge in [0.15, 0.2) is 0 Å². The first kappa shape index (κ1) is 15.6. The highest BCUT2D eigenvalue weighted by Gasteiger charge is 2.27. The summed E-state index contributed by atoms with van der Waals surface area (Å²) in [5.74, 6) is 0.114. The summed E-state index contributed by atoms with van der Waals surface area (Å²) >= 11 is 0. The van der Waals surface area contributed by atoms with Gasteiger partial charge in [-0.25, -0.2) is 0 Å². The van der Waals surface area contributed by atoms with Crippen LogP contribution in [0.2, 0.25) is 0 Å². The van der Waals surface area contributed by atoms with Crippen molar-refractivity contribution in [2.45, 2.75) is 25.5 Å². The summed E-state index contributed by atoms with van der Waals surface area (Å²) in [6.45, 7) is 1.66. The zero-order valence-electron chi connectivity index (χ0n) is 13.1. The number of anilines is 1. The van der Waals surface area contributed by atoms with Crippen LogP contribution in [0.1, 0.15) is 30.0 Å². The lowest BCUT2D eigenvalue weighted by molar-refractivity contribution is -0.131. The van der Waals surface area contributed by atoms with E-state index in [0.29, 0.717) is 0 Å². The number of nitrogens with zero attached hydrogens (tertiary/aromatic N) is 1. The largest absolute Gasteiger partial charge is 0.392 e. The normalized spacial score (nSPS) is 15.4. The molecule has 23 heavy (non-hydrogen) atoms. The molecule has 1 atom stereocenters. The van der Waals surface area contributed by atoms with Crippen LogP contribution in [0.3, 0.4) is 0 Å². The van der Waals surface area contributed by atoms with Crippen LogP contribution in [-0.2, 0) is 11.4 Å². The summed E-state index contributed by atoms with van der Waals surface area (Å²) in [5, 5.41) is 12.6. The van der Waals surface area contributed by atoms with E-state index in [1.54, 1.807) is 0 Å². The molecule has 120 valence electrons. The minimum atomic E-state index is -0.400. The molecule has 0 aromatic heterocycles. The Hall–Kier alpha value is -2.33. The van der Waals surface area contributed by atoms with Gasteiger partial charge in [0.2, 0.25) is 5.91 Å². The predicted molar refractivity (Wildman–Crippen MR) is 91.0 cm³/mol. The van der Waals surface area contributed by atoms with Crippen LogP contribution < -0.4 is 5.32 Å². The molecular formula is C19H22N2O2. The number of nitrogens with one attached hydrogen (secondary N) is 1. The Kier molecular flexibility index (Phi) is 4.93. The zero-order chi connectivity index (χ0) is 16.1. The molecule has 4 nitrogen and oxygen atoms in total. The molecule has 0 radical (unpaired) electrons. The molecule has 1 aliphatic rings. The molecule has 1 amide bonds. The molecule has 0 saturated carbocycles. The van der Waals surface area contributed by atoms with Gasteiger partial charge in [-0.1, -0.05) is 42.5 Å². The van der Waals surface area contributed by atoms with E-state index < -0.39 is 6.04 Å². The molecule has 1 aliphatic heterocycles. The van der Waals surface area contributed by atoms with Crippen molar-refractivity contribution in [1.29, 1.82) is 0 Å². The lowest BCUT2D eigenvalue weighted by Gasteiger charge is -2.25. The third kappa shape index (κ3) is 3.71. The molecule has 0 spiro atoms. The van der Waals surface area contributed by atoms with Gasteiger partial charge in [-0.15, -0.1) is 0 Å². The number of benzene rings is 2. The van der Waals surface area contributed by atoms with E-state index in [-0.39, 0.29) is 12.5 Å². The first-order chi connectivity index (χ1) is 11.3. The highest BCUT2D eigenvalue weighted by atomic mass is 16.3. The Bertz CT molecular complexity index is 651. The second-order valence-electron chi connectivity index (χ2n) is 5.88. The molecule has 1 unspecified atom stereocenters. The second kappa shape index (κ2) is 7.29. The number of carbonyl (C=O) groups is 1. The molecule has 1 heterocycles. The van der Waals surface area contributed by atoms with E-state index in [2.05, 4.69) is 5.32 Å². The molecule has 3 rings (SSSR count). The van der Waals surface area contributed by atoms with E-state index in [1.165, 1.54) is 0 Å². The molecule has 0 aliphatic carbocycles. The van der Waals surface area contributed by atoms with Gasteiger partial charge in [-0.2, -0.15) is 0 Å². The van der Waals surface area contributed by atoms with Crippen molar-refractivity contribution >= 4 is 11.6 Å². The number of likely N-dealkylation sites (tertiary alicyclic amines) is 1. The number of amides is 1. The Morgan fingerprint density at radius 1 is 1.09 bits per heavy atom. The summed E-state index contributed by atoms with van der Waals surface area (Å²) < 4.78 is 0. The van der Waals surface area contributed by atoms with Crippen LogP contribution in [0.25, 0.3) is 0 Å². The van der Waals surface area contributed by atoms with Gasteiger partial charge in [0.25, 0.3) is 0 Å². The fourth-order valence-corrected chi connectivity index (χ4v) is 2.98. The molecule has 2 aromatic rings. The van der Waals surface area contributed by atoms with Crippen molar-refractivity contribution in [1.82, 2.24) is 4.90 Å². The molecule has 4 heteroatoms. The van der Waals surface area contributed by atoms with Crippen LogP contribution >= 0.6 is 0 Å². The van der Waals surface area contributed by atoms with Crippen LogP contribution in [0, 0.1) is 0 Å². The minimum absolute atomic E-state index is 0.00834. The smallest absolute Gasteiger partial charge is 0.249 e. The molecular weight excluding hydrogens is 288 g/mol. The zero-order valence-corrected chi connectivity index (χ0v) is 13.1. The number of aliphatic hydroxyl groups is 1. The minimum Gasteiger partial charge on any atom is -0.392 e. The first-order valence-corrected chi connectivity index (χ1v) is 8.08. The number of hydrogen-bond donors (Lipinski definition) is 2. The third-order valence-corrected chi connectivity index (χ3v) is 4.22. The molecule has 1 fully saturated rings. The first-order valence-electron chi connectivity index (χ1n) is 8.08. The van der Waals surface area contributed by atoms with Gasteiger partial charge in [-0.3, -0.25) is 4.79 Å². The third-order valence-electron chi connectivity index (χ3n) is 4.22. The van der Waals surface area contributed by atoms with Crippen LogP contribution in [-0.4, -0.2) is 29.0 Å². The second-order valence-corrected chi connectivity index (χ2v) is 5.88. The van der Waals surface area contributed by atoms with E-state index >= 15 is 0 Å². The maximum absolute atomic E-state index is 12.9. The van der Waals surface area contributed by atoms with Crippen molar-refractivity contribution in [3.05, 3.63) is 65.7 Å². The van der Waals surface area contributed by atoms with E-state index in [1.807, 2.05) is 59.5 Å². The quantitative estimate of drug-likeness (QED) is 0.893. The van der Waals surface area contributed by atoms with Gasteiger partial charge in [0.05, 0.1) is 6.61 Å². The van der Waals surface area contributed by atoms with Crippen molar-refractivity contribution < 1.29 is 9.90 Å². The number of carbonyl (C=O) groups excluding carboxylic acids is 1. The summed E-state index contributed by atoms with van der Waals surface area (Å²) in [6.07, 6.45) is 2.15. The Morgan fingerprint density at radius 3 is 2.52 bits per heavy atom. The van der Waals surface area contributed by atoms with Gasteiger partial charge in [-0.05, 0) is 36.1 Å².